The third-order valence-corrected chi connectivity index (χ3v) is 4.67. The number of thioether (sulfide) groups is 1. The highest BCUT2D eigenvalue weighted by molar-refractivity contribution is 7.98. The molecule has 116 valence electrons. The lowest BCUT2D eigenvalue weighted by Crippen LogP contribution is -1.89. The van der Waals surface area contributed by atoms with Crippen LogP contribution in [0.15, 0.2) is 65.7 Å². The second-order valence-electron chi connectivity index (χ2n) is 4.84. The first-order chi connectivity index (χ1) is 11.3. The minimum Gasteiger partial charge on any atom is -0.497 e. The Bertz CT molecular complexity index is 793. The van der Waals surface area contributed by atoms with E-state index in [-0.39, 0.29) is 5.28 Å². The van der Waals surface area contributed by atoms with E-state index in [0.29, 0.717) is 0 Å². The molecule has 0 amide bonds. The summed E-state index contributed by atoms with van der Waals surface area (Å²) in [6.07, 6.45) is 1.68. The highest BCUT2D eigenvalue weighted by Gasteiger charge is 2.08. The fourth-order valence-electron chi connectivity index (χ4n) is 2.17. The van der Waals surface area contributed by atoms with E-state index in [9.17, 15) is 0 Å². The monoisotopic (exact) mass is 342 g/mol. The van der Waals surface area contributed by atoms with Crippen molar-refractivity contribution in [3.05, 3.63) is 71.6 Å². The van der Waals surface area contributed by atoms with E-state index in [1.807, 2.05) is 30.3 Å². The molecule has 0 saturated carbocycles. The largest absolute Gasteiger partial charge is 0.497 e. The van der Waals surface area contributed by atoms with Crippen LogP contribution in [0, 0.1) is 0 Å². The first-order valence-corrected chi connectivity index (χ1v) is 8.46. The highest BCUT2D eigenvalue weighted by Crippen LogP contribution is 2.32. The average molecular weight is 343 g/mol. The number of aromatic nitrogens is 2. The highest BCUT2D eigenvalue weighted by atomic mass is 35.5. The van der Waals surface area contributed by atoms with Crippen LogP contribution < -0.4 is 4.74 Å². The van der Waals surface area contributed by atoms with Crippen molar-refractivity contribution in [3.8, 4) is 17.0 Å². The number of ether oxygens (including phenoxy) is 1. The maximum absolute atomic E-state index is 5.91. The topological polar surface area (TPSA) is 35.0 Å². The molecule has 0 aliphatic heterocycles. The van der Waals surface area contributed by atoms with Crippen LogP contribution in [0.25, 0.3) is 11.3 Å². The third-order valence-electron chi connectivity index (χ3n) is 3.34. The number of nitrogens with zero attached hydrogens (tertiary/aromatic N) is 2. The molecule has 3 aromatic rings. The standard InChI is InChI=1S/C18H15ClN2OS/c1-22-14-8-6-13(7-9-14)12-23-17-5-3-2-4-15(17)16-10-11-20-18(19)21-16/h2-11H,12H2,1H3. The molecule has 1 aromatic heterocycles. The van der Waals surface area contributed by atoms with Crippen molar-refractivity contribution in [1.82, 2.24) is 9.97 Å². The quantitative estimate of drug-likeness (QED) is 0.477. The lowest BCUT2D eigenvalue weighted by Gasteiger charge is -2.09. The van der Waals surface area contributed by atoms with Crippen LogP contribution in [0.1, 0.15) is 5.56 Å². The Morgan fingerprint density at radius 3 is 2.57 bits per heavy atom. The Balaban J connectivity index is 1.80. The molecule has 0 spiro atoms. The van der Waals surface area contributed by atoms with Gasteiger partial charge in [0, 0.05) is 22.4 Å². The van der Waals surface area contributed by atoms with Crippen LogP contribution in [0.2, 0.25) is 5.28 Å². The second kappa shape index (κ2) is 7.49. The molecular weight excluding hydrogens is 328 g/mol. The minimum absolute atomic E-state index is 0.262. The summed E-state index contributed by atoms with van der Waals surface area (Å²) >= 11 is 7.68. The molecule has 1 heterocycles. The lowest BCUT2D eigenvalue weighted by atomic mass is 10.1. The summed E-state index contributed by atoms with van der Waals surface area (Å²) < 4.78 is 5.19. The molecule has 3 rings (SSSR count). The SMILES string of the molecule is COc1ccc(CSc2ccccc2-c2ccnc(Cl)n2)cc1. The van der Waals surface area contributed by atoms with Crippen molar-refractivity contribution in [3.63, 3.8) is 0 Å². The summed E-state index contributed by atoms with van der Waals surface area (Å²) in [5, 5.41) is 0.262. The van der Waals surface area contributed by atoms with E-state index in [2.05, 4.69) is 34.2 Å². The molecule has 2 aromatic carbocycles. The number of halogens is 1. The maximum Gasteiger partial charge on any atom is 0.222 e. The summed E-state index contributed by atoms with van der Waals surface area (Å²) in [5.41, 5.74) is 3.14. The summed E-state index contributed by atoms with van der Waals surface area (Å²) in [6, 6.07) is 18.2. The second-order valence-corrected chi connectivity index (χ2v) is 6.20. The number of benzene rings is 2. The first-order valence-electron chi connectivity index (χ1n) is 7.10. The third kappa shape index (κ3) is 4.03. The van der Waals surface area contributed by atoms with E-state index in [1.54, 1.807) is 25.1 Å². The van der Waals surface area contributed by atoms with Gasteiger partial charge in [0.25, 0.3) is 0 Å². The van der Waals surface area contributed by atoms with Gasteiger partial charge < -0.3 is 4.74 Å². The van der Waals surface area contributed by atoms with E-state index < -0.39 is 0 Å². The number of hydrogen-bond acceptors (Lipinski definition) is 4. The van der Waals surface area contributed by atoms with Crippen molar-refractivity contribution in [1.29, 1.82) is 0 Å². The fourth-order valence-corrected chi connectivity index (χ4v) is 3.34. The van der Waals surface area contributed by atoms with Gasteiger partial charge in [0.1, 0.15) is 5.75 Å². The summed E-state index contributed by atoms with van der Waals surface area (Å²) in [5.74, 6) is 1.74. The molecule has 5 heteroatoms. The van der Waals surface area contributed by atoms with E-state index in [4.69, 9.17) is 16.3 Å². The number of rotatable bonds is 5. The van der Waals surface area contributed by atoms with Gasteiger partial charge in [-0.2, -0.15) is 0 Å². The molecular formula is C18H15ClN2OS. The smallest absolute Gasteiger partial charge is 0.222 e. The van der Waals surface area contributed by atoms with Crippen molar-refractivity contribution in [2.24, 2.45) is 0 Å². The molecule has 0 bridgehead atoms. The summed E-state index contributed by atoms with van der Waals surface area (Å²) in [6.45, 7) is 0. The van der Waals surface area contributed by atoms with Gasteiger partial charge in [-0.3, -0.25) is 0 Å². The van der Waals surface area contributed by atoms with E-state index in [1.165, 1.54) is 5.56 Å². The number of methoxy groups -OCH3 is 1. The Labute approximate surface area is 144 Å². The van der Waals surface area contributed by atoms with E-state index in [0.717, 1.165) is 27.7 Å². The van der Waals surface area contributed by atoms with E-state index >= 15 is 0 Å². The van der Waals surface area contributed by atoms with Crippen LogP contribution >= 0.6 is 23.4 Å². The molecule has 0 aliphatic carbocycles. The average Bonchev–Trinajstić information content (AvgIpc) is 2.60. The molecule has 0 aliphatic rings. The van der Waals surface area contributed by atoms with Crippen molar-refractivity contribution >= 4 is 23.4 Å². The molecule has 3 nitrogen and oxygen atoms in total. The van der Waals surface area contributed by atoms with Crippen LogP contribution in [0.5, 0.6) is 5.75 Å². The zero-order valence-electron chi connectivity index (χ0n) is 12.6. The van der Waals surface area contributed by atoms with Gasteiger partial charge in [0.05, 0.1) is 12.8 Å². The normalized spacial score (nSPS) is 10.5. The van der Waals surface area contributed by atoms with Gasteiger partial charge in [-0.15, -0.1) is 11.8 Å². The van der Waals surface area contributed by atoms with Gasteiger partial charge in [-0.05, 0) is 41.4 Å². The predicted molar refractivity (Wildman–Crippen MR) is 95.0 cm³/mol. The van der Waals surface area contributed by atoms with Crippen molar-refractivity contribution < 1.29 is 4.74 Å². The molecule has 0 unspecified atom stereocenters. The molecule has 23 heavy (non-hydrogen) atoms. The Hall–Kier alpha value is -2.04. The zero-order valence-corrected chi connectivity index (χ0v) is 14.1. The number of hydrogen-bond donors (Lipinski definition) is 0. The summed E-state index contributed by atoms with van der Waals surface area (Å²) in [4.78, 5) is 9.41. The Morgan fingerprint density at radius 1 is 1.04 bits per heavy atom. The molecule has 0 radical (unpaired) electrons. The molecule has 0 N–H and O–H groups in total. The van der Waals surface area contributed by atoms with Crippen molar-refractivity contribution in [2.75, 3.05) is 7.11 Å². The summed E-state index contributed by atoms with van der Waals surface area (Å²) in [7, 11) is 1.67. The van der Waals surface area contributed by atoms with Crippen LogP contribution in [-0.2, 0) is 5.75 Å². The van der Waals surface area contributed by atoms with Gasteiger partial charge in [-0.1, -0.05) is 30.3 Å². The van der Waals surface area contributed by atoms with Crippen LogP contribution in [0.4, 0.5) is 0 Å². The van der Waals surface area contributed by atoms with Gasteiger partial charge in [-0.25, -0.2) is 9.97 Å². The predicted octanol–water partition coefficient (Wildman–Crippen LogP) is 5.10. The molecule has 0 atom stereocenters. The Morgan fingerprint density at radius 2 is 1.83 bits per heavy atom. The van der Waals surface area contributed by atoms with Gasteiger partial charge in [0.2, 0.25) is 5.28 Å². The first kappa shape index (κ1) is 15.8. The minimum atomic E-state index is 0.262. The molecule has 0 saturated heterocycles. The molecule has 0 fully saturated rings. The van der Waals surface area contributed by atoms with Gasteiger partial charge in [0.15, 0.2) is 0 Å². The van der Waals surface area contributed by atoms with Crippen LogP contribution in [0.3, 0.4) is 0 Å². The van der Waals surface area contributed by atoms with Crippen molar-refractivity contribution in [2.45, 2.75) is 10.6 Å². The zero-order chi connectivity index (χ0) is 16.1. The maximum atomic E-state index is 5.91. The fraction of sp³-hybridized carbons (Fsp3) is 0.111. The Kier molecular flexibility index (Phi) is 5.16. The van der Waals surface area contributed by atoms with Crippen LogP contribution in [-0.4, -0.2) is 17.1 Å². The lowest BCUT2D eigenvalue weighted by molar-refractivity contribution is 0.414. The van der Waals surface area contributed by atoms with Gasteiger partial charge >= 0.3 is 0 Å².